The number of hydrogen-bond donors (Lipinski definition) is 0. The highest BCUT2D eigenvalue weighted by atomic mass is 16.3. The molecule has 2 aliphatic rings. The van der Waals surface area contributed by atoms with E-state index in [4.69, 9.17) is 4.42 Å². The molecule has 0 amide bonds. The molecule has 0 radical (unpaired) electrons. The Morgan fingerprint density at radius 3 is 2.53 bits per heavy atom. The molecule has 30 heavy (non-hydrogen) atoms. The number of benzene rings is 3. The Labute approximate surface area is 174 Å². The van der Waals surface area contributed by atoms with Gasteiger partial charge in [-0.3, -0.25) is 4.98 Å². The van der Waals surface area contributed by atoms with Gasteiger partial charge < -0.3 is 14.2 Å². The lowest BCUT2D eigenvalue weighted by molar-refractivity contribution is 0.662. The summed E-state index contributed by atoms with van der Waals surface area (Å²) in [6.07, 6.45) is 3.09. The average Bonchev–Trinajstić information content (AvgIpc) is 3.42. The summed E-state index contributed by atoms with van der Waals surface area (Å²) in [5, 5.41) is 2.27. The van der Waals surface area contributed by atoms with Gasteiger partial charge in [-0.25, -0.2) is 0 Å². The fourth-order valence-electron chi connectivity index (χ4n) is 5.17. The van der Waals surface area contributed by atoms with Crippen molar-refractivity contribution in [1.82, 2.24) is 4.98 Å². The van der Waals surface area contributed by atoms with Crippen molar-refractivity contribution in [2.75, 3.05) is 9.80 Å². The van der Waals surface area contributed by atoms with Crippen LogP contribution in [-0.2, 0) is 6.42 Å². The van der Waals surface area contributed by atoms with Crippen LogP contribution in [0, 0.1) is 6.92 Å². The van der Waals surface area contributed by atoms with Crippen molar-refractivity contribution in [3.63, 3.8) is 0 Å². The van der Waals surface area contributed by atoms with E-state index in [9.17, 15) is 0 Å². The standard InChI is InChI=1S/C26H19N3O/c1-16-26-19(11-12-27-16)20-14-22-23(15-24(20)30-26)29-21-10-6-5-7-17(21)13-25(29)28(22)18-8-3-2-4-9-18/h2-12,14-15,25H,13H2,1H3. The zero-order valence-corrected chi connectivity index (χ0v) is 16.5. The van der Waals surface area contributed by atoms with Crippen LogP contribution in [0.5, 0.6) is 0 Å². The van der Waals surface area contributed by atoms with Gasteiger partial charge >= 0.3 is 0 Å². The fourth-order valence-corrected chi connectivity index (χ4v) is 5.17. The number of anilines is 4. The van der Waals surface area contributed by atoms with Crippen molar-refractivity contribution in [1.29, 1.82) is 0 Å². The predicted octanol–water partition coefficient (Wildman–Crippen LogP) is 6.46. The van der Waals surface area contributed by atoms with Crippen LogP contribution in [-0.4, -0.2) is 11.1 Å². The Hall–Kier alpha value is -3.79. The minimum atomic E-state index is 0.237. The number of pyridine rings is 1. The maximum atomic E-state index is 6.28. The summed E-state index contributed by atoms with van der Waals surface area (Å²) < 4.78 is 6.28. The quantitative estimate of drug-likeness (QED) is 0.329. The van der Waals surface area contributed by atoms with E-state index in [-0.39, 0.29) is 6.17 Å². The summed E-state index contributed by atoms with van der Waals surface area (Å²) >= 11 is 0. The van der Waals surface area contributed by atoms with Gasteiger partial charge in [-0.05, 0) is 42.8 Å². The van der Waals surface area contributed by atoms with Crippen LogP contribution >= 0.6 is 0 Å². The highest BCUT2D eigenvalue weighted by Crippen LogP contribution is 2.54. The molecule has 4 heteroatoms. The van der Waals surface area contributed by atoms with Crippen LogP contribution in [0.1, 0.15) is 11.3 Å². The van der Waals surface area contributed by atoms with Gasteiger partial charge in [0.05, 0.1) is 17.1 Å². The first kappa shape index (κ1) is 16.1. The molecule has 4 nitrogen and oxygen atoms in total. The predicted molar refractivity (Wildman–Crippen MR) is 121 cm³/mol. The second-order valence-electron chi connectivity index (χ2n) is 8.10. The lowest BCUT2D eigenvalue weighted by Crippen LogP contribution is -2.35. The van der Waals surface area contributed by atoms with Crippen molar-refractivity contribution in [3.8, 4) is 0 Å². The fraction of sp³-hybridized carbons (Fsp3) is 0.115. The summed E-state index contributed by atoms with van der Waals surface area (Å²) in [6, 6.07) is 26.0. The first-order valence-electron chi connectivity index (χ1n) is 10.3. The first-order valence-corrected chi connectivity index (χ1v) is 10.3. The third-order valence-corrected chi connectivity index (χ3v) is 6.46. The molecular weight excluding hydrogens is 370 g/mol. The second kappa shape index (κ2) is 5.63. The number of furan rings is 1. The maximum Gasteiger partial charge on any atom is 0.156 e. The normalized spacial score (nSPS) is 16.9. The second-order valence-corrected chi connectivity index (χ2v) is 8.10. The molecule has 0 aliphatic carbocycles. The van der Waals surface area contributed by atoms with E-state index in [1.165, 1.54) is 28.3 Å². The molecule has 0 saturated heterocycles. The lowest BCUT2D eigenvalue weighted by Gasteiger charge is -2.27. The number of para-hydroxylation sites is 2. The van der Waals surface area contributed by atoms with Gasteiger partial charge in [-0.15, -0.1) is 0 Å². The van der Waals surface area contributed by atoms with Crippen molar-refractivity contribution < 1.29 is 4.42 Å². The van der Waals surface area contributed by atoms with Crippen molar-refractivity contribution in [2.45, 2.75) is 19.5 Å². The molecule has 2 aliphatic heterocycles. The van der Waals surface area contributed by atoms with E-state index in [2.05, 4.69) is 87.6 Å². The minimum Gasteiger partial charge on any atom is -0.454 e. The van der Waals surface area contributed by atoms with Gasteiger partial charge in [0.25, 0.3) is 0 Å². The summed E-state index contributed by atoms with van der Waals surface area (Å²) in [6.45, 7) is 2.00. The molecule has 0 fully saturated rings. The molecule has 144 valence electrons. The SMILES string of the molecule is Cc1nccc2c1oc1cc3c(cc12)N(c1ccccc1)C1Cc2ccccc2N31. The third kappa shape index (κ3) is 1.98. The zero-order chi connectivity index (χ0) is 19.8. The number of nitrogens with zero attached hydrogens (tertiary/aromatic N) is 3. The Morgan fingerprint density at radius 2 is 1.63 bits per heavy atom. The van der Waals surface area contributed by atoms with E-state index >= 15 is 0 Å². The summed E-state index contributed by atoms with van der Waals surface area (Å²) in [4.78, 5) is 9.35. The van der Waals surface area contributed by atoms with Gasteiger partial charge in [0.2, 0.25) is 0 Å². The van der Waals surface area contributed by atoms with Crippen molar-refractivity contribution >= 4 is 44.7 Å². The van der Waals surface area contributed by atoms with Gasteiger partial charge in [0.15, 0.2) is 5.58 Å². The molecule has 0 N–H and O–H groups in total. The van der Waals surface area contributed by atoms with Gasteiger partial charge in [0.1, 0.15) is 11.7 Å². The van der Waals surface area contributed by atoms with Crippen LogP contribution in [0.2, 0.25) is 0 Å². The van der Waals surface area contributed by atoms with Crippen LogP contribution in [0.3, 0.4) is 0 Å². The number of rotatable bonds is 1. The molecule has 3 aromatic carbocycles. The van der Waals surface area contributed by atoms with E-state index in [1.807, 2.05) is 13.1 Å². The molecule has 1 unspecified atom stereocenters. The monoisotopic (exact) mass is 389 g/mol. The Kier molecular flexibility index (Phi) is 3.02. The smallest absolute Gasteiger partial charge is 0.156 e. The number of hydrogen-bond acceptors (Lipinski definition) is 4. The van der Waals surface area contributed by atoms with E-state index < -0.39 is 0 Å². The van der Waals surface area contributed by atoms with Gasteiger partial charge in [0, 0.05) is 40.8 Å². The highest BCUT2D eigenvalue weighted by molar-refractivity contribution is 6.10. The Bertz CT molecular complexity index is 1450. The van der Waals surface area contributed by atoms with E-state index in [1.54, 1.807) is 0 Å². The number of aromatic nitrogens is 1. The van der Waals surface area contributed by atoms with Gasteiger partial charge in [-0.1, -0.05) is 36.4 Å². The number of fused-ring (bicyclic) bond motifs is 8. The molecule has 2 aromatic heterocycles. The molecule has 1 atom stereocenters. The van der Waals surface area contributed by atoms with E-state index in [0.717, 1.165) is 34.1 Å². The molecule has 0 saturated carbocycles. The topological polar surface area (TPSA) is 32.5 Å². The molecule has 0 spiro atoms. The summed E-state index contributed by atoms with van der Waals surface area (Å²) in [5.41, 5.74) is 9.03. The zero-order valence-electron chi connectivity index (χ0n) is 16.5. The molecule has 4 heterocycles. The highest BCUT2D eigenvalue weighted by Gasteiger charge is 2.43. The molecule has 0 bridgehead atoms. The van der Waals surface area contributed by atoms with Crippen LogP contribution in [0.4, 0.5) is 22.7 Å². The van der Waals surface area contributed by atoms with Crippen LogP contribution in [0.15, 0.2) is 83.4 Å². The Morgan fingerprint density at radius 1 is 0.833 bits per heavy atom. The minimum absolute atomic E-state index is 0.237. The van der Waals surface area contributed by atoms with Crippen LogP contribution in [0.25, 0.3) is 21.9 Å². The largest absolute Gasteiger partial charge is 0.454 e. The van der Waals surface area contributed by atoms with E-state index in [0.29, 0.717) is 0 Å². The van der Waals surface area contributed by atoms with Crippen molar-refractivity contribution in [3.05, 3.63) is 90.3 Å². The summed E-state index contributed by atoms with van der Waals surface area (Å²) in [5.74, 6) is 0. The molecular formula is C26H19N3O. The molecule has 5 aromatic rings. The Balaban J connectivity index is 1.55. The third-order valence-electron chi connectivity index (χ3n) is 6.46. The van der Waals surface area contributed by atoms with Crippen molar-refractivity contribution in [2.24, 2.45) is 0 Å². The average molecular weight is 389 g/mol. The number of aryl methyl sites for hydroxylation is 1. The maximum absolute atomic E-state index is 6.28. The van der Waals surface area contributed by atoms with Crippen LogP contribution < -0.4 is 9.80 Å². The summed E-state index contributed by atoms with van der Waals surface area (Å²) in [7, 11) is 0. The van der Waals surface area contributed by atoms with Gasteiger partial charge in [-0.2, -0.15) is 0 Å². The lowest BCUT2D eigenvalue weighted by atomic mass is 10.1. The molecule has 7 rings (SSSR count). The first-order chi connectivity index (χ1) is 14.8.